The van der Waals surface area contributed by atoms with Crippen molar-refractivity contribution in [2.75, 3.05) is 5.32 Å². The molecule has 2 aromatic carbocycles. The molecule has 1 saturated carbocycles. The average molecular weight is 435 g/mol. The third-order valence-corrected chi connectivity index (χ3v) is 6.34. The summed E-state index contributed by atoms with van der Waals surface area (Å²) in [5, 5.41) is 10.4. The maximum atomic E-state index is 6.10. The summed E-state index contributed by atoms with van der Waals surface area (Å²) >= 11 is 18.2. The van der Waals surface area contributed by atoms with Crippen LogP contribution in [0.2, 0.25) is 15.1 Å². The topological polar surface area (TPSA) is 37.0 Å². The summed E-state index contributed by atoms with van der Waals surface area (Å²) in [5.74, 6) is 0. The summed E-state index contributed by atoms with van der Waals surface area (Å²) in [7, 11) is 0. The lowest BCUT2D eigenvalue weighted by molar-refractivity contribution is 0.353. The van der Waals surface area contributed by atoms with Crippen LogP contribution in [0.25, 0.3) is 10.9 Å². The molecule has 0 spiro atoms. The average Bonchev–Trinajstić information content (AvgIpc) is 2.70. The molecule has 3 nitrogen and oxygen atoms in total. The fourth-order valence-electron chi connectivity index (χ4n) is 3.82. The van der Waals surface area contributed by atoms with E-state index in [9.17, 15) is 0 Å². The smallest absolute Gasteiger partial charge is 0.0737 e. The van der Waals surface area contributed by atoms with E-state index in [1.54, 1.807) is 0 Å². The van der Waals surface area contributed by atoms with Crippen LogP contribution in [0.1, 0.15) is 31.2 Å². The molecule has 1 fully saturated rings. The molecular formula is C22H22Cl3N3. The molecule has 0 aliphatic heterocycles. The molecule has 0 saturated heterocycles. The van der Waals surface area contributed by atoms with Gasteiger partial charge >= 0.3 is 0 Å². The monoisotopic (exact) mass is 433 g/mol. The molecule has 146 valence electrons. The first-order valence-electron chi connectivity index (χ1n) is 9.56. The Labute approximate surface area is 180 Å². The highest BCUT2D eigenvalue weighted by atomic mass is 35.5. The molecule has 0 amide bonds. The fraction of sp³-hybridized carbons (Fsp3) is 0.318. The number of nitrogens with zero attached hydrogens (tertiary/aromatic N) is 1. The van der Waals surface area contributed by atoms with Gasteiger partial charge in [0, 0.05) is 40.9 Å². The van der Waals surface area contributed by atoms with E-state index in [1.807, 2.05) is 48.7 Å². The number of nitrogens with one attached hydrogen (secondary N) is 2. The molecule has 0 bridgehead atoms. The van der Waals surface area contributed by atoms with Crippen molar-refractivity contribution in [3.8, 4) is 0 Å². The molecule has 28 heavy (non-hydrogen) atoms. The number of rotatable bonds is 5. The van der Waals surface area contributed by atoms with Crippen molar-refractivity contribution in [3.05, 3.63) is 69.3 Å². The molecule has 1 heterocycles. The van der Waals surface area contributed by atoms with Crippen LogP contribution in [0.15, 0.2) is 48.7 Å². The molecule has 1 aliphatic carbocycles. The second kappa shape index (κ2) is 8.87. The molecular weight excluding hydrogens is 413 g/mol. The Morgan fingerprint density at radius 2 is 1.64 bits per heavy atom. The summed E-state index contributed by atoms with van der Waals surface area (Å²) < 4.78 is 0. The number of fused-ring (bicyclic) bond motifs is 1. The maximum Gasteiger partial charge on any atom is 0.0737 e. The van der Waals surface area contributed by atoms with E-state index in [2.05, 4.69) is 15.6 Å². The predicted molar refractivity (Wildman–Crippen MR) is 120 cm³/mol. The van der Waals surface area contributed by atoms with Crippen LogP contribution in [0.4, 0.5) is 5.69 Å². The van der Waals surface area contributed by atoms with Gasteiger partial charge < -0.3 is 10.6 Å². The van der Waals surface area contributed by atoms with Gasteiger partial charge in [0.05, 0.1) is 15.6 Å². The Morgan fingerprint density at radius 1 is 0.857 bits per heavy atom. The van der Waals surface area contributed by atoms with Crippen molar-refractivity contribution in [1.29, 1.82) is 0 Å². The first kappa shape index (κ1) is 19.8. The van der Waals surface area contributed by atoms with Crippen LogP contribution in [0.5, 0.6) is 0 Å². The molecule has 6 heteroatoms. The lowest BCUT2D eigenvalue weighted by Crippen LogP contribution is -2.36. The minimum atomic E-state index is 0.476. The quantitative estimate of drug-likeness (QED) is 0.468. The van der Waals surface area contributed by atoms with E-state index in [-0.39, 0.29) is 0 Å². The largest absolute Gasteiger partial charge is 0.382 e. The number of benzene rings is 2. The van der Waals surface area contributed by atoms with Crippen molar-refractivity contribution >= 4 is 51.4 Å². The molecule has 2 N–H and O–H groups in total. The SMILES string of the molecule is Clc1ccc2c(NC3CCC(NCc4ccc(Cl)c(Cl)c4)CC3)ccnc2c1. The highest BCUT2D eigenvalue weighted by Gasteiger charge is 2.21. The van der Waals surface area contributed by atoms with Crippen LogP contribution in [-0.4, -0.2) is 17.1 Å². The maximum absolute atomic E-state index is 6.10. The second-order valence-electron chi connectivity index (χ2n) is 7.34. The van der Waals surface area contributed by atoms with Gasteiger partial charge in [-0.15, -0.1) is 0 Å². The Hall–Kier alpha value is -1.52. The van der Waals surface area contributed by atoms with Gasteiger partial charge in [-0.05, 0) is 67.6 Å². The normalized spacial score (nSPS) is 19.7. The van der Waals surface area contributed by atoms with Gasteiger partial charge in [-0.2, -0.15) is 0 Å². The van der Waals surface area contributed by atoms with Crippen molar-refractivity contribution in [1.82, 2.24) is 10.3 Å². The molecule has 0 radical (unpaired) electrons. The van der Waals surface area contributed by atoms with E-state index in [0.29, 0.717) is 27.2 Å². The number of hydrogen-bond acceptors (Lipinski definition) is 3. The summed E-state index contributed by atoms with van der Waals surface area (Å²) in [6, 6.07) is 14.7. The van der Waals surface area contributed by atoms with Gasteiger partial charge in [0.25, 0.3) is 0 Å². The third kappa shape index (κ3) is 4.72. The van der Waals surface area contributed by atoms with Crippen LogP contribution in [0, 0.1) is 0 Å². The fourth-order valence-corrected chi connectivity index (χ4v) is 4.31. The molecule has 1 aromatic heterocycles. The lowest BCUT2D eigenvalue weighted by Gasteiger charge is -2.30. The second-order valence-corrected chi connectivity index (χ2v) is 8.59. The summed E-state index contributed by atoms with van der Waals surface area (Å²) in [6.45, 7) is 0.815. The number of aromatic nitrogens is 1. The number of pyridine rings is 1. The number of halogens is 3. The van der Waals surface area contributed by atoms with E-state index in [0.717, 1.165) is 54.4 Å². The Morgan fingerprint density at radius 3 is 2.43 bits per heavy atom. The zero-order valence-corrected chi connectivity index (χ0v) is 17.7. The summed E-state index contributed by atoms with van der Waals surface area (Å²) in [5.41, 5.74) is 3.22. The minimum absolute atomic E-state index is 0.476. The Kier molecular flexibility index (Phi) is 6.27. The first-order valence-corrected chi connectivity index (χ1v) is 10.7. The number of anilines is 1. The molecule has 3 aromatic rings. The first-order chi connectivity index (χ1) is 13.6. The molecule has 0 unspecified atom stereocenters. The van der Waals surface area contributed by atoms with E-state index in [4.69, 9.17) is 34.8 Å². The minimum Gasteiger partial charge on any atom is -0.382 e. The number of hydrogen-bond donors (Lipinski definition) is 2. The summed E-state index contributed by atoms with van der Waals surface area (Å²) in [6.07, 6.45) is 6.40. The van der Waals surface area contributed by atoms with Crippen LogP contribution < -0.4 is 10.6 Å². The van der Waals surface area contributed by atoms with E-state index in [1.165, 1.54) is 0 Å². The predicted octanol–water partition coefficient (Wildman–Crippen LogP) is 6.71. The lowest BCUT2D eigenvalue weighted by atomic mass is 9.90. The van der Waals surface area contributed by atoms with Gasteiger partial charge in [-0.25, -0.2) is 0 Å². The third-order valence-electron chi connectivity index (χ3n) is 5.37. The van der Waals surface area contributed by atoms with Gasteiger partial charge in [0.1, 0.15) is 0 Å². The van der Waals surface area contributed by atoms with Crippen LogP contribution in [0.3, 0.4) is 0 Å². The van der Waals surface area contributed by atoms with Gasteiger partial charge in [-0.3, -0.25) is 4.98 Å². The molecule has 0 atom stereocenters. The van der Waals surface area contributed by atoms with Crippen LogP contribution >= 0.6 is 34.8 Å². The Balaban J connectivity index is 1.31. The highest BCUT2D eigenvalue weighted by molar-refractivity contribution is 6.42. The van der Waals surface area contributed by atoms with Crippen molar-refractivity contribution in [2.24, 2.45) is 0 Å². The van der Waals surface area contributed by atoms with Crippen molar-refractivity contribution in [3.63, 3.8) is 0 Å². The van der Waals surface area contributed by atoms with Gasteiger partial charge in [0.15, 0.2) is 0 Å². The van der Waals surface area contributed by atoms with E-state index >= 15 is 0 Å². The van der Waals surface area contributed by atoms with E-state index < -0.39 is 0 Å². The zero-order valence-electron chi connectivity index (χ0n) is 15.4. The van der Waals surface area contributed by atoms with Crippen molar-refractivity contribution in [2.45, 2.75) is 44.3 Å². The molecule has 1 aliphatic rings. The highest BCUT2D eigenvalue weighted by Crippen LogP contribution is 2.28. The summed E-state index contributed by atoms with van der Waals surface area (Å²) in [4.78, 5) is 4.42. The standard InChI is InChI=1S/C22H22Cl3N3/c23-15-2-7-18-21(9-10-26-22(18)12-15)28-17-5-3-16(4-6-17)27-13-14-1-8-19(24)20(25)11-14/h1-2,7-12,16-17,27H,3-6,13H2,(H,26,28). The van der Waals surface area contributed by atoms with Crippen LogP contribution in [-0.2, 0) is 6.54 Å². The van der Waals surface area contributed by atoms with Gasteiger partial charge in [-0.1, -0.05) is 40.9 Å². The Bertz CT molecular complexity index is 968. The van der Waals surface area contributed by atoms with Gasteiger partial charge in [0.2, 0.25) is 0 Å². The zero-order chi connectivity index (χ0) is 19.5. The molecule has 4 rings (SSSR count). The van der Waals surface area contributed by atoms with Crippen molar-refractivity contribution < 1.29 is 0 Å².